The summed E-state index contributed by atoms with van der Waals surface area (Å²) in [6.07, 6.45) is 0.974. The van der Waals surface area contributed by atoms with Gasteiger partial charge in [0.15, 0.2) is 5.76 Å². The lowest BCUT2D eigenvalue weighted by atomic mass is 10.1. The van der Waals surface area contributed by atoms with Gasteiger partial charge in [0, 0.05) is 42.1 Å². The van der Waals surface area contributed by atoms with E-state index in [-0.39, 0.29) is 47.6 Å². The summed E-state index contributed by atoms with van der Waals surface area (Å²) < 4.78 is 5.96. The van der Waals surface area contributed by atoms with Crippen LogP contribution in [0.15, 0.2) is 64.4 Å². The fourth-order valence-electron chi connectivity index (χ4n) is 5.07. The number of carboxylic acids is 1. The molecule has 13 nitrogen and oxygen atoms in total. The van der Waals surface area contributed by atoms with Crippen LogP contribution in [0.5, 0.6) is 0 Å². The highest BCUT2D eigenvalue weighted by atomic mass is 32.1. The highest BCUT2D eigenvalue weighted by molar-refractivity contribution is 7.13. The average Bonchev–Trinajstić information content (AvgIpc) is 3.65. The number of benzene rings is 2. The molecule has 2 aromatic carbocycles. The summed E-state index contributed by atoms with van der Waals surface area (Å²) in [7, 11) is 1.48. The number of nitrogens with one attached hydrogen (secondary N) is 4. The molecule has 0 aliphatic heterocycles. The first-order valence-corrected chi connectivity index (χ1v) is 16.4. The zero-order chi connectivity index (χ0) is 35.1. The molecule has 4 aromatic rings. The number of aliphatic carboxylic acids is 1. The molecule has 0 radical (unpaired) electrons. The Kier molecular flexibility index (Phi) is 10.8. The molecule has 2 aromatic heterocycles. The Balaban J connectivity index is 1.34. The first-order valence-electron chi connectivity index (χ1n) is 15.5. The van der Waals surface area contributed by atoms with E-state index < -0.39 is 42.2 Å². The van der Waals surface area contributed by atoms with Crippen molar-refractivity contribution in [2.45, 2.75) is 51.2 Å². The molecule has 2 heterocycles. The highest BCUT2D eigenvalue weighted by Crippen LogP contribution is 2.33. The number of nitrogens with zero attached hydrogens (tertiary/aromatic N) is 2. The first-order chi connectivity index (χ1) is 23.6. The van der Waals surface area contributed by atoms with Gasteiger partial charge >= 0.3 is 5.97 Å². The Hall–Kier alpha value is -5.81. The highest BCUT2D eigenvalue weighted by Gasteiger charge is 2.38. The van der Waals surface area contributed by atoms with Crippen molar-refractivity contribution in [1.82, 2.24) is 26.3 Å². The maximum atomic E-state index is 13.5. The number of aryl methyl sites for hydroxylation is 1. The third kappa shape index (κ3) is 8.76. The Bertz CT molecular complexity index is 1910. The molecule has 0 bridgehead atoms. The van der Waals surface area contributed by atoms with Crippen molar-refractivity contribution in [2.24, 2.45) is 5.92 Å². The fraction of sp³-hybridized carbons (Fsp3) is 0.286. The van der Waals surface area contributed by atoms with Gasteiger partial charge in [-0.2, -0.15) is 5.26 Å². The number of hydrogen-bond donors (Lipinski definition) is 5. The second kappa shape index (κ2) is 15.4. The molecule has 5 N–H and O–H groups in total. The van der Waals surface area contributed by atoms with Crippen LogP contribution in [0, 0.1) is 24.2 Å². The molecule has 49 heavy (non-hydrogen) atoms. The number of rotatable bonds is 14. The van der Waals surface area contributed by atoms with Crippen LogP contribution in [0.2, 0.25) is 0 Å². The Morgan fingerprint density at radius 2 is 1.69 bits per heavy atom. The topological polar surface area (TPSA) is 204 Å². The number of furan rings is 1. The van der Waals surface area contributed by atoms with Gasteiger partial charge < -0.3 is 30.8 Å². The van der Waals surface area contributed by atoms with Gasteiger partial charge in [-0.05, 0) is 62.4 Å². The van der Waals surface area contributed by atoms with Gasteiger partial charge in [0.2, 0.25) is 11.8 Å². The monoisotopic (exact) mass is 682 g/mol. The summed E-state index contributed by atoms with van der Waals surface area (Å²) in [6.45, 7) is 1.74. The summed E-state index contributed by atoms with van der Waals surface area (Å²) in [5.74, 6) is -3.34. The van der Waals surface area contributed by atoms with Crippen molar-refractivity contribution in [3.63, 3.8) is 0 Å². The average molecular weight is 683 g/mol. The van der Waals surface area contributed by atoms with Crippen LogP contribution in [0.25, 0.3) is 21.9 Å². The van der Waals surface area contributed by atoms with Crippen molar-refractivity contribution in [3.05, 3.63) is 88.1 Å². The number of thiazole rings is 1. The van der Waals surface area contributed by atoms with E-state index in [0.717, 1.165) is 24.0 Å². The van der Waals surface area contributed by atoms with Gasteiger partial charge in [0.25, 0.3) is 11.8 Å². The quantitative estimate of drug-likeness (QED) is 0.131. The van der Waals surface area contributed by atoms with E-state index in [9.17, 15) is 29.1 Å². The third-order valence-corrected chi connectivity index (χ3v) is 8.87. The molecule has 0 saturated heterocycles. The minimum absolute atomic E-state index is 0.00991. The minimum Gasteiger partial charge on any atom is -0.481 e. The number of hydrogen-bond acceptors (Lipinski definition) is 9. The van der Waals surface area contributed by atoms with E-state index in [0.29, 0.717) is 16.1 Å². The van der Waals surface area contributed by atoms with Gasteiger partial charge in [0.05, 0.1) is 11.6 Å². The number of amides is 4. The largest absolute Gasteiger partial charge is 0.481 e. The van der Waals surface area contributed by atoms with Crippen LogP contribution in [0.3, 0.4) is 0 Å². The maximum Gasteiger partial charge on any atom is 0.303 e. The first kappa shape index (κ1) is 34.5. The molecular formula is C35H34N6O7S. The molecule has 1 aliphatic carbocycles. The molecule has 2 atom stereocenters. The molecule has 1 saturated carbocycles. The normalized spacial score (nSPS) is 13.4. The van der Waals surface area contributed by atoms with E-state index in [2.05, 4.69) is 26.3 Å². The standard InChI is InChI=1S/C35H34N6O7S/c1-19-3-7-23(8-4-19)35-40-26(18-49-35)32(45)39-25(13-14-28(42)43)31(44)38-17-24-15-27(21-9-5-20(16-36)6-10-21)48-30(24)34(47)41-29(22-11-12-22)33(46)37-2/h3-10,15,18,22,25,29H,11-14,17H2,1-2H3,(H,37,46)(H,38,44)(H,39,45)(H,41,47)(H,42,43). The minimum atomic E-state index is -1.23. The molecular weight excluding hydrogens is 648 g/mol. The molecule has 1 aliphatic rings. The third-order valence-electron chi connectivity index (χ3n) is 7.98. The predicted octanol–water partition coefficient (Wildman–Crippen LogP) is 3.78. The van der Waals surface area contributed by atoms with E-state index in [1.807, 2.05) is 37.3 Å². The zero-order valence-corrected chi connectivity index (χ0v) is 27.6. The number of carboxylic acid groups (broad SMARTS) is 1. The van der Waals surface area contributed by atoms with Crippen molar-refractivity contribution >= 4 is 40.9 Å². The molecule has 252 valence electrons. The van der Waals surface area contributed by atoms with Crippen LogP contribution in [0.1, 0.15) is 63.4 Å². The summed E-state index contributed by atoms with van der Waals surface area (Å²) >= 11 is 1.26. The number of aromatic nitrogens is 1. The molecule has 0 spiro atoms. The second-order valence-corrected chi connectivity index (χ2v) is 12.5. The van der Waals surface area contributed by atoms with Gasteiger partial charge in [-0.15, -0.1) is 11.3 Å². The Labute approximate surface area is 285 Å². The number of carbonyl (C=O) groups excluding carboxylic acids is 4. The lowest BCUT2D eigenvalue weighted by molar-refractivity contribution is -0.137. The van der Waals surface area contributed by atoms with Crippen LogP contribution in [-0.2, 0) is 20.9 Å². The number of carbonyl (C=O) groups is 5. The molecule has 14 heteroatoms. The Morgan fingerprint density at radius 3 is 2.33 bits per heavy atom. The van der Waals surface area contributed by atoms with E-state index >= 15 is 0 Å². The summed E-state index contributed by atoms with van der Waals surface area (Å²) in [6, 6.07) is 15.7. The van der Waals surface area contributed by atoms with Crippen LogP contribution in [-0.4, -0.2) is 58.8 Å². The van der Waals surface area contributed by atoms with Crippen LogP contribution >= 0.6 is 11.3 Å². The smallest absolute Gasteiger partial charge is 0.303 e. The summed E-state index contributed by atoms with van der Waals surface area (Å²) in [4.78, 5) is 68.4. The van der Waals surface area contributed by atoms with Crippen LogP contribution in [0.4, 0.5) is 0 Å². The lowest BCUT2D eigenvalue weighted by Gasteiger charge is -2.18. The van der Waals surface area contributed by atoms with Crippen LogP contribution < -0.4 is 21.3 Å². The fourth-order valence-corrected chi connectivity index (χ4v) is 5.88. The summed E-state index contributed by atoms with van der Waals surface area (Å²) in [5.41, 5.74) is 3.25. The van der Waals surface area contributed by atoms with E-state index in [1.165, 1.54) is 18.4 Å². The summed E-state index contributed by atoms with van der Waals surface area (Å²) in [5, 5.41) is 31.2. The molecule has 5 rings (SSSR count). The van der Waals surface area contributed by atoms with Gasteiger partial charge in [-0.25, -0.2) is 4.98 Å². The maximum absolute atomic E-state index is 13.5. The zero-order valence-electron chi connectivity index (χ0n) is 26.7. The van der Waals surface area contributed by atoms with Gasteiger partial charge in [0.1, 0.15) is 28.5 Å². The SMILES string of the molecule is CNC(=O)C(NC(=O)c1oc(-c2ccc(C#N)cc2)cc1CNC(=O)C(CCC(=O)O)NC(=O)c1csc(-c2ccc(C)cc2)n1)C1CC1. The van der Waals surface area contributed by atoms with E-state index in [1.54, 1.807) is 35.7 Å². The van der Waals surface area contributed by atoms with Crippen molar-refractivity contribution in [3.8, 4) is 28.0 Å². The van der Waals surface area contributed by atoms with E-state index in [4.69, 9.17) is 9.68 Å². The molecule has 1 fully saturated rings. The van der Waals surface area contributed by atoms with Crippen molar-refractivity contribution < 1.29 is 33.5 Å². The molecule has 4 amide bonds. The lowest BCUT2D eigenvalue weighted by Crippen LogP contribution is -2.48. The van der Waals surface area contributed by atoms with Crippen molar-refractivity contribution in [2.75, 3.05) is 7.05 Å². The predicted molar refractivity (Wildman–Crippen MR) is 179 cm³/mol. The molecule has 2 unspecified atom stereocenters. The van der Waals surface area contributed by atoms with Crippen molar-refractivity contribution in [1.29, 1.82) is 5.26 Å². The number of likely N-dealkylation sites (N-methyl/N-ethyl adjacent to an activating group) is 1. The van der Waals surface area contributed by atoms with Gasteiger partial charge in [-0.3, -0.25) is 24.0 Å². The number of nitriles is 1. The second-order valence-electron chi connectivity index (χ2n) is 11.6. The van der Waals surface area contributed by atoms with Gasteiger partial charge in [-0.1, -0.05) is 29.8 Å². The Morgan fingerprint density at radius 1 is 1.00 bits per heavy atom.